The van der Waals surface area contributed by atoms with E-state index in [9.17, 15) is 9.59 Å². The van der Waals surface area contributed by atoms with Crippen LogP contribution in [0.1, 0.15) is 20.3 Å². The second-order valence-electron chi connectivity index (χ2n) is 4.72. The highest BCUT2D eigenvalue weighted by atomic mass is 35.5. The van der Waals surface area contributed by atoms with Crippen LogP contribution in [-0.4, -0.2) is 29.3 Å². The summed E-state index contributed by atoms with van der Waals surface area (Å²) in [6.07, 6.45) is 0.459. The van der Waals surface area contributed by atoms with Crippen molar-refractivity contribution < 1.29 is 14.7 Å². The van der Waals surface area contributed by atoms with Gasteiger partial charge in [0.15, 0.2) is 0 Å². The van der Waals surface area contributed by atoms with Gasteiger partial charge in [0.25, 0.3) is 0 Å². The largest absolute Gasteiger partial charge is 0.481 e. The minimum absolute atomic E-state index is 0.126. The average Bonchev–Trinajstić information content (AvgIpc) is 2.43. The quantitative estimate of drug-likeness (QED) is 0.759. The first kappa shape index (κ1) is 16.9. The Labute approximate surface area is 127 Å². The van der Waals surface area contributed by atoms with E-state index in [2.05, 4.69) is 5.32 Å². The van der Waals surface area contributed by atoms with Crippen molar-refractivity contribution in [1.29, 1.82) is 0 Å². The highest BCUT2D eigenvalue weighted by Gasteiger charge is 2.31. The van der Waals surface area contributed by atoms with E-state index in [1.54, 1.807) is 19.9 Å². The number of aliphatic carboxylic acids is 1. The molecule has 110 valence electrons. The summed E-state index contributed by atoms with van der Waals surface area (Å²) >= 11 is 7.32. The zero-order chi connectivity index (χ0) is 15.2. The van der Waals surface area contributed by atoms with Gasteiger partial charge in [-0.25, -0.2) is 0 Å². The maximum atomic E-state index is 11.7. The maximum absolute atomic E-state index is 11.7. The molecule has 0 spiro atoms. The minimum Gasteiger partial charge on any atom is -0.481 e. The van der Waals surface area contributed by atoms with Crippen molar-refractivity contribution in [2.75, 3.05) is 12.3 Å². The zero-order valence-corrected chi connectivity index (χ0v) is 13.1. The van der Waals surface area contributed by atoms with Crippen LogP contribution in [0.15, 0.2) is 29.2 Å². The Morgan fingerprint density at radius 3 is 2.60 bits per heavy atom. The number of carboxylic acid groups (broad SMARTS) is 1. The van der Waals surface area contributed by atoms with Gasteiger partial charge >= 0.3 is 5.97 Å². The van der Waals surface area contributed by atoms with Gasteiger partial charge in [0.1, 0.15) is 0 Å². The number of carboxylic acids is 1. The third-order valence-corrected chi connectivity index (χ3v) is 4.68. The molecule has 0 aliphatic rings. The van der Waals surface area contributed by atoms with Crippen molar-refractivity contribution in [3.05, 3.63) is 29.3 Å². The van der Waals surface area contributed by atoms with Gasteiger partial charge in [0, 0.05) is 11.4 Å². The molecule has 0 radical (unpaired) electrons. The number of nitrogens with one attached hydrogen (secondary N) is 1. The molecule has 0 fully saturated rings. The normalized spacial score (nSPS) is 13.6. The van der Waals surface area contributed by atoms with Crippen LogP contribution in [0, 0.1) is 5.41 Å². The van der Waals surface area contributed by atoms with Crippen molar-refractivity contribution in [1.82, 2.24) is 5.32 Å². The number of rotatable bonds is 7. The second-order valence-corrected chi connectivity index (χ2v) is 6.14. The van der Waals surface area contributed by atoms with Gasteiger partial charge in [-0.3, -0.25) is 9.59 Å². The first-order chi connectivity index (χ1) is 9.39. The molecule has 0 aliphatic heterocycles. The lowest BCUT2D eigenvalue weighted by molar-refractivity contribution is -0.148. The molecule has 2 N–H and O–H groups in total. The fourth-order valence-corrected chi connectivity index (χ4v) is 2.47. The first-order valence-corrected chi connectivity index (χ1v) is 7.63. The van der Waals surface area contributed by atoms with Gasteiger partial charge in [-0.2, -0.15) is 0 Å². The van der Waals surface area contributed by atoms with E-state index in [1.165, 1.54) is 11.8 Å². The summed E-state index contributed by atoms with van der Waals surface area (Å²) in [5.74, 6) is -0.890. The number of amides is 1. The van der Waals surface area contributed by atoms with E-state index in [0.29, 0.717) is 11.4 Å². The number of hydrogen-bond donors (Lipinski definition) is 2. The molecular weight excluding hydrogens is 298 g/mol. The average molecular weight is 316 g/mol. The molecule has 1 aromatic rings. The van der Waals surface area contributed by atoms with Crippen molar-refractivity contribution >= 4 is 35.2 Å². The fraction of sp³-hybridized carbons (Fsp3) is 0.429. The van der Waals surface area contributed by atoms with E-state index in [1.807, 2.05) is 18.2 Å². The van der Waals surface area contributed by atoms with Crippen molar-refractivity contribution in [3.8, 4) is 0 Å². The smallest absolute Gasteiger partial charge is 0.311 e. The van der Waals surface area contributed by atoms with E-state index >= 15 is 0 Å². The Balaban J connectivity index is 2.45. The highest BCUT2D eigenvalue weighted by Crippen LogP contribution is 2.26. The van der Waals surface area contributed by atoms with Gasteiger partial charge in [-0.15, -0.1) is 11.8 Å². The molecule has 0 aromatic heterocycles. The van der Waals surface area contributed by atoms with Gasteiger partial charge < -0.3 is 10.4 Å². The van der Waals surface area contributed by atoms with Crippen LogP contribution in [0.5, 0.6) is 0 Å². The number of carbonyl (C=O) groups is 2. The molecule has 6 heteroatoms. The van der Waals surface area contributed by atoms with E-state index in [0.717, 1.165) is 4.90 Å². The van der Waals surface area contributed by atoms with Gasteiger partial charge in [-0.05, 0) is 25.5 Å². The predicted octanol–water partition coefficient (Wildman–Crippen LogP) is 3.05. The lowest BCUT2D eigenvalue weighted by atomic mass is 9.88. The first-order valence-electron chi connectivity index (χ1n) is 6.26. The van der Waals surface area contributed by atoms with Crippen LogP contribution >= 0.6 is 23.4 Å². The van der Waals surface area contributed by atoms with E-state index in [-0.39, 0.29) is 18.2 Å². The predicted molar refractivity (Wildman–Crippen MR) is 81.2 cm³/mol. The summed E-state index contributed by atoms with van der Waals surface area (Å²) in [5, 5.41) is 12.4. The summed E-state index contributed by atoms with van der Waals surface area (Å²) in [6.45, 7) is 3.54. The Kier molecular flexibility index (Phi) is 6.36. The van der Waals surface area contributed by atoms with Gasteiger partial charge in [0.2, 0.25) is 5.91 Å². The molecule has 0 heterocycles. The lowest BCUT2D eigenvalue weighted by Gasteiger charge is -2.23. The molecule has 20 heavy (non-hydrogen) atoms. The van der Waals surface area contributed by atoms with Crippen molar-refractivity contribution in [3.63, 3.8) is 0 Å². The van der Waals surface area contributed by atoms with Crippen LogP contribution in [0.3, 0.4) is 0 Å². The zero-order valence-electron chi connectivity index (χ0n) is 11.5. The number of carbonyl (C=O) groups excluding carboxylic acids is 1. The number of hydrogen-bond acceptors (Lipinski definition) is 3. The molecule has 0 saturated carbocycles. The van der Waals surface area contributed by atoms with Crippen LogP contribution < -0.4 is 5.32 Å². The van der Waals surface area contributed by atoms with Crippen LogP contribution in [0.2, 0.25) is 5.02 Å². The Hall–Kier alpha value is -1.20. The molecule has 1 unspecified atom stereocenters. The second kappa shape index (κ2) is 7.55. The summed E-state index contributed by atoms with van der Waals surface area (Å²) in [4.78, 5) is 23.7. The SMILES string of the molecule is CCC(C)(CNC(=O)CSc1ccccc1Cl)C(=O)O. The topological polar surface area (TPSA) is 66.4 Å². The minimum atomic E-state index is -0.926. The standard InChI is InChI=1S/C14H18ClNO3S/c1-3-14(2,13(18)19)9-16-12(17)8-20-11-7-5-4-6-10(11)15/h4-7H,3,8-9H2,1-2H3,(H,16,17)(H,18,19). The summed E-state index contributed by atoms with van der Waals surface area (Å²) in [7, 11) is 0. The molecule has 0 aliphatic carbocycles. The molecule has 1 rings (SSSR count). The van der Waals surface area contributed by atoms with Crippen molar-refractivity contribution in [2.45, 2.75) is 25.2 Å². The highest BCUT2D eigenvalue weighted by molar-refractivity contribution is 8.00. The Bertz CT molecular complexity index is 495. The number of benzene rings is 1. The number of halogens is 1. The molecule has 1 atom stereocenters. The van der Waals surface area contributed by atoms with Gasteiger partial charge in [-0.1, -0.05) is 30.7 Å². The van der Waals surface area contributed by atoms with Crippen LogP contribution in [-0.2, 0) is 9.59 Å². The molecule has 1 amide bonds. The van der Waals surface area contributed by atoms with Crippen LogP contribution in [0.4, 0.5) is 0 Å². The lowest BCUT2D eigenvalue weighted by Crippen LogP contribution is -2.41. The molecule has 0 bridgehead atoms. The van der Waals surface area contributed by atoms with E-state index in [4.69, 9.17) is 16.7 Å². The molecule has 4 nitrogen and oxygen atoms in total. The maximum Gasteiger partial charge on any atom is 0.311 e. The molecule has 1 aromatic carbocycles. The summed E-state index contributed by atoms with van der Waals surface area (Å²) in [5.41, 5.74) is -0.926. The molecule has 0 saturated heterocycles. The van der Waals surface area contributed by atoms with Crippen LogP contribution in [0.25, 0.3) is 0 Å². The Morgan fingerprint density at radius 2 is 2.05 bits per heavy atom. The fourth-order valence-electron chi connectivity index (χ4n) is 1.40. The summed E-state index contributed by atoms with van der Waals surface area (Å²) in [6, 6.07) is 7.28. The number of thioether (sulfide) groups is 1. The molecular formula is C14H18ClNO3S. The third-order valence-electron chi connectivity index (χ3n) is 3.17. The monoisotopic (exact) mass is 315 g/mol. The van der Waals surface area contributed by atoms with Crippen molar-refractivity contribution in [2.24, 2.45) is 5.41 Å². The van der Waals surface area contributed by atoms with E-state index < -0.39 is 11.4 Å². The Morgan fingerprint density at radius 1 is 1.40 bits per heavy atom. The summed E-state index contributed by atoms with van der Waals surface area (Å²) < 4.78 is 0. The third kappa shape index (κ3) is 4.72. The van der Waals surface area contributed by atoms with Gasteiger partial charge in [0.05, 0.1) is 16.2 Å².